The molecule has 26 heavy (non-hydrogen) atoms. The van der Waals surface area contributed by atoms with Crippen molar-refractivity contribution in [2.75, 3.05) is 19.6 Å². The Morgan fingerprint density at radius 2 is 2.19 bits per heavy atom. The summed E-state index contributed by atoms with van der Waals surface area (Å²) < 4.78 is 5.82. The number of aryl methyl sites for hydroxylation is 1. The average molecular weight is 368 g/mol. The van der Waals surface area contributed by atoms with Crippen molar-refractivity contribution >= 4 is 28.2 Å². The number of rotatable bonds is 3. The summed E-state index contributed by atoms with van der Waals surface area (Å²) in [6, 6.07) is 5.91. The minimum atomic E-state index is -0.326. The SMILES string of the molecule is Cc1csc(-c2ccc3c(C(=O)OC4CN5CCC4CC5)n[nH]c3c2)n1. The Morgan fingerprint density at radius 1 is 1.35 bits per heavy atom. The van der Waals surface area contributed by atoms with E-state index in [1.807, 2.05) is 30.5 Å². The highest BCUT2D eigenvalue weighted by Gasteiger charge is 2.37. The number of hydrogen-bond acceptors (Lipinski definition) is 6. The van der Waals surface area contributed by atoms with Crippen molar-refractivity contribution in [3.8, 4) is 10.6 Å². The lowest BCUT2D eigenvalue weighted by Crippen LogP contribution is -2.51. The molecular weight excluding hydrogens is 348 g/mol. The number of esters is 1. The maximum atomic E-state index is 12.7. The first-order chi connectivity index (χ1) is 12.7. The summed E-state index contributed by atoms with van der Waals surface area (Å²) in [7, 11) is 0. The lowest BCUT2D eigenvalue weighted by Gasteiger charge is -2.43. The maximum absolute atomic E-state index is 12.7. The Bertz CT molecular complexity index is 971. The molecule has 3 fully saturated rings. The number of nitrogens with zero attached hydrogens (tertiary/aromatic N) is 3. The van der Waals surface area contributed by atoms with E-state index in [-0.39, 0.29) is 12.1 Å². The van der Waals surface area contributed by atoms with E-state index in [1.165, 1.54) is 0 Å². The van der Waals surface area contributed by atoms with Crippen molar-refractivity contribution in [2.24, 2.45) is 5.92 Å². The van der Waals surface area contributed by atoms with Crippen molar-refractivity contribution in [3.63, 3.8) is 0 Å². The summed E-state index contributed by atoms with van der Waals surface area (Å²) in [4.78, 5) is 19.6. The predicted molar refractivity (Wildman–Crippen MR) is 100 cm³/mol. The minimum Gasteiger partial charge on any atom is -0.456 e. The van der Waals surface area contributed by atoms with E-state index >= 15 is 0 Å². The van der Waals surface area contributed by atoms with Gasteiger partial charge in [0.05, 0.1) is 5.52 Å². The molecular formula is C19H20N4O2S. The number of aromatic amines is 1. The van der Waals surface area contributed by atoms with Crippen molar-refractivity contribution in [1.82, 2.24) is 20.1 Å². The largest absolute Gasteiger partial charge is 0.456 e. The number of H-pyrrole nitrogens is 1. The van der Waals surface area contributed by atoms with Crippen LogP contribution in [0, 0.1) is 12.8 Å². The Morgan fingerprint density at radius 3 is 2.88 bits per heavy atom. The zero-order chi connectivity index (χ0) is 17.7. The number of benzene rings is 1. The molecule has 0 radical (unpaired) electrons. The smallest absolute Gasteiger partial charge is 0.359 e. The normalized spacial score (nSPS) is 24.9. The van der Waals surface area contributed by atoms with Crippen LogP contribution in [-0.2, 0) is 4.74 Å². The highest BCUT2D eigenvalue weighted by molar-refractivity contribution is 7.13. The molecule has 1 unspecified atom stereocenters. The zero-order valence-corrected chi connectivity index (χ0v) is 15.4. The molecule has 3 aromatic rings. The first-order valence-electron chi connectivity index (χ1n) is 9.01. The Hall–Kier alpha value is -2.25. The number of fused-ring (bicyclic) bond motifs is 4. The second kappa shape index (κ2) is 6.17. The third-order valence-corrected chi connectivity index (χ3v) is 6.49. The molecule has 1 atom stereocenters. The van der Waals surface area contributed by atoms with E-state index < -0.39 is 0 Å². The average Bonchev–Trinajstić information content (AvgIpc) is 3.28. The number of nitrogens with one attached hydrogen (secondary N) is 1. The Balaban J connectivity index is 1.39. The standard InChI is InChI=1S/C19H20N4O2S/c1-11-10-26-18(20-11)13-2-3-14-15(8-13)21-22-17(14)19(24)25-16-9-23-6-4-12(16)5-7-23/h2-3,8,10,12,16H,4-7,9H2,1H3,(H,21,22). The predicted octanol–water partition coefficient (Wildman–Crippen LogP) is 3.25. The first kappa shape index (κ1) is 16.0. The van der Waals surface area contributed by atoms with E-state index in [0.717, 1.165) is 59.6 Å². The summed E-state index contributed by atoms with van der Waals surface area (Å²) >= 11 is 1.61. The Kier molecular flexibility index (Phi) is 3.79. The number of carbonyl (C=O) groups is 1. The second-order valence-corrected chi connectivity index (χ2v) is 8.07. The second-order valence-electron chi connectivity index (χ2n) is 7.21. The summed E-state index contributed by atoms with van der Waals surface area (Å²) in [6.45, 7) is 5.09. The van der Waals surface area contributed by atoms with Crippen molar-refractivity contribution in [2.45, 2.75) is 25.9 Å². The fraction of sp³-hybridized carbons (Fsp3) is 0.421. The molecule has 7 heteroatoms. The third-order valence-electron chi connectivity index (χ3n) is 5.48. The van der Waals surface area contributed by atoms with Gasteiger partial charge in [-0.1, -0.05) is 6.07 Å². The van der Waals surface area contributed by atoms with E-state index in [1.54, 1.807) is 11.3 Å². The van der Waals surface area contributed by atoms with Gasteiger partial charge < -0.3 is 4.74 Å². The fourth-order valence-corrected chi connectivity index (χ4v) is 4.83. The van der Waals surface area contributed by atoms with Gasteiger partial charge in [-0.05, 0) is 50.9 Å². The molecule has 0 aliphatic carbocycles. The minimum absolute atomic E-state index is 0.00526. The van der Waals surface area contributed by atoms with E-state index in [4.69, 9.17) is 4.74 Å². The van der Waals surface area contributed by atoms with Crippen LogP contribution in [0.25, 0.3) is 21.5 Å². The van der Waals surface area contributed by atoms with Gasteiger partial charge in [0.25, 0.3) is 0 Å². The van der Waals surface area contributed by atoms with Crippen LogP contribution in [0.1, 0.15) is 29.0 Å². The van der Waals surface area contributed by atoms with Crippen LogP contribution in [0.4, 0.5) is 0 Å². The summed E-state index contributed by atoms with van der Waals surface area (Å²) in [5.74, 6) is 0.168. The number of piperidine rings is 3. The van der Waals surface area contributed by atoms with Crippen LogP contribution >= 0.6 is 11.3 Å². The molecule has 1 N–H and O–H groups in total. The highest BCUT2D eigenvalue weighted by atomic mass is 32.1. The van der Waals surface area contributed by atoms with Crippen LogP contribution in [0.2, 0.25) is 0 Å². The van der Waals surface area contributed by atoms with Gasteiger partial charge >= 0.3 is 5.97 Å². The van der Waals surface area contributed by atoms with Gasteiger partial charge in [0.1, 0.15) is 11.1 Å². The molecule has 3 aliphatic rings. The number of thiazole rings is 1. The Labute approximate surface area is 155 Å². The summed E-state index contributed by atoms with van der Waals surface area (Å²) in [5, 5.41) is 11.0. The van der Waals surface area contributed by atoms with Gasteiger partial charge in [-0.25, -0.2) is 9.78 Å². The number of carbonyl (C=O) groups excluding carboxylic acids is 1. The van der Waals surface area contributed by atoms with Gasteiger partial charge in [0.15, 0.2) is 5.69 Å². The molecule has 3 aliphatic heterocycles. The maximum Gasteiger partial charge on any atom is 0.359 e. The van der Waals surface area contributed by atoms with Crippen molar-refractivity contribution in [3.05, 3.63) is 35.0 Å². The highest BCUT2D eigenvalue weighted by Crippen LogP contribution is 2.31. The molecule has 6 rings (SSSR count). The topological polar surface area (TPSA) is 71.1 Å². The number of ether oxygens (including phenoxy) is 1. The van der Waals surface area contributed by atoms with Gasteiger partial charge in [0, 0.05) is 28.6 Å². The monoisotopic (exact) mass is 368 g/mol. The van der Waals surface area contributed by atoms with Gasteiger partial charge in [0.2, 0.25) is 0 Å². The molecule has 6 nitrogen and oxygen atoms in total. The van der Waals surface area contributed by atoms with Gasteiger partial charge in [-0.2, -0.15) is 5.10 Å². The van der Waals surface area contributed by atoms with E-state index in [0.29, 0.717) is 11.6 Å². The number of hydrogen-bond donors (Lipinski definition) is 1. The summed E-state index contributed by atoms with van der Waals surface area (Å²) in [6.07, 6.45) is 2.24. The van der Waals surface area contributed by atoms with Crippen LogP contribution in [-0.4, -0.2) is 51.8 Å². The fourth-order valence-electron chi connectivity index (χ4n) is 4.03. The molecule has 2 aromatic heterocycles. The lowest BCUT2D eigenvalue weighted by molar-refractivity contribution is -0.0458. The summed E-state index contributed by atoms with van der Waals surface area (Å²) in [5.41, 5.74) is 3.24. The van der Waals surface area contributed by atoms with Crippen LogP contribution in [0.5, 0.6) is 0 Å². The quantitative estimate of drug-likeness (QED) is 0.719. The van der Waals surface area contributed by atoms with Crippen LogP contribution < -0.4 is 0 Å². The molecule has 0 spiro atoms. The molecule has 3 saturated heterocycles. The molecule has 1 aromatic carbocycles. The van der Waals surface area contributed by atoms with Gasteiger partial charge in [-0.3, -0.25) is 10.00 Å². The van der Waals surface area contributed by atoms with Crippen LogP contribution in [0.15, 0.2) is 23.6 Å². The van der Waals surface area contributed by atoms with E-state index in [9.17, 15) is 4.79 Å². The third kappa shape index (κ3) is 2.71. The molecule has 5 heterocycles. The van der Waals surface area contributed by atoms with Crippen LogP contribution in [0.3, 0.4) is 0 Å². The van der Waals surface area contributed by atoms with Crippen molar-refractivity contribution in [1.29, 1.82) is 0 Å². The molecule has 134 valence electrons. The molecule has 0 saturated carbocycles. The van der Waals surface area contributed by atoms with Crippen molar-refractivity contribution < 1.29 is 9.53 Å². The zero-order valence-electron chi connectivity index (χ0n) is 14.6. The molecule has 2 bridgehead atoms. The number of aromatic nitrogens is 3. The lowest BCUT2D eigenvalue weighted by atomic mass is 9.86. The molecule has 0 amide bonds. The van der Waals surface area contributed by atoms with Gasteiger partial charge in [-0.15, -0.1) is 11.3 Å². The first-order valence-corrected chi connectivity index (χ1v) is 9.89. The van der Waals surface area contributed by atoms with E-state index in [2.05, 4.69) is 20.1 Å².